The van der Waals surface area contributed by atoms with Crippen LogP contribution in [0, 0.1) is 23.6 Å². The fraction of sp³-hybridized carbons (Fsp3) is 0.594. The van der Waals surface area contributed by atoms with Crippen LogP contribution in [0.1, 0.15) is 104 Å². The highest BCUT2D eigenvalue weighted by Gasteiger charge is 2.50. The van der Waals surface area contributed by atoms with Crippen molar-refractivity contribution in [2.75, 3.05) is 6.61 Å². The molecule has 2 bridgehead atoms. The van der Waals surface area contributed by atoms with Gasteiger partial charge in [0.25, 0.3) is 5.91 Å². The normalized spacial score (nSPS) is 28.2. The minimum Gasteiger partial charge on any atom is -0.466 e. The second-order valence-electron chi connectivity index (χ2n) is 11.9. The maximum Gasteiger partial charge on any atom is 0.311 e. The minimum absolute atomic E-state index is 0.122. The Morgan fingerprint density at radius 2 is 1.77 bits per heavy atom. The van der Waals surface area contributed by atoms with Crippen LogP contribution in [-0.4, -0.2) is 34.3 Å². The van der Waals surface area contributed by atoms with Crippen molar-refractivity contribution in [1.82, 2.24) is 15.1 Å². The number of ether oxygens (including phenoxy) is 1. The molecule has 4 aliphatic carbocycles. The van der Waals surface area contributed by atoms with Gasteiger partial charge in [0, 0.05) is 23.2 Å². The highest BCUT2D eigenvalue weighted by molar-refractivity contribution is 5.95. The van der Waals surface area contributed by atoms with Crippen molar-refractivity contribution in [3.8, 4) is 0 Å². The Bertz CT molecular complexity index is 1230. The van der Waals surface area contributed by atoms with Crippen molar-refractivity contribution in [1.29, 1.82) is 0 Å². The number of carbonyl (C=O) groups excluding carboxylic acids is 2. The number of carbonyl (C=O) groups is 2. The van der Waals surface area contributed by atoms with Gasteiger partial charge >= 0.3 is 5.97 Å². The summed E-state index contributed by atoms with van der Waals surface area (Å²) in [4.78, 5) is 26.8. The highest BCUT2D eigenvalue weighted by atomic mass is 19.1. The largest absolute Gasteiger partial charge is 0.466 e. The SMILES string of the molecule is CCOC(=O)[C@H]1C2C=CC(C2)[C@H]1NC(=O)c1nn(C2CCCCC2)c2c1CCCCC2Cc1ccc(F)cc1. The number of aromatic nitrogens is 2. The summed E-state index contributed by atoms with van der Waals surface area (Å²) in [6.07, 6.45) is 15.7. The number of hydrogen-bond donors (Lipinski definition) is 1. The molecule has 3 unspecified atom stereocenters. The molecule has 1 aromatic carbocycles. The summed E-state index contributed by atoms with van der Waals surface area (Å²) in [5.74, 6) is -0.428. The summed E-state index contributed by atoms with van der Waals surface area (Å²) in [6, 6.07) is 6.88. The van der Waals surface area contributed by atoms with E-state index in [2.05, 4.69) is 22.2 Å². The molecular weight excluding hydrogens is 493 g/mol. The second kappa shape index (κ2) is 11.3. The lowest BCUT2D eigenvalue weighted by Gasteiger charge is -2.27. The molecule has 0 radical (unpaired) electrons. The summed E-state index contributed by atoms with van der Waals surface area (Å²) in [5, 5.41) is 8.35. The van der Waals surface area contributed by atoms with Crippen molar-refractivity contribution < 1.29 is 18.7 Å². The molecule has 4 aliphatic rings. The van der Waals surface area contributed by atoms with E-state index in [-0.39, 0.29) is 47.4 Å². The van der Waals surface area contributed by atoms with Crippen LogP contribution in [0.5, 0.6) is 0 Å². The van der Waals surface area contributed by atoms with Crippen molar-refractivity contribution >= 4 is 11.9 Å². The van der Waals surface area contributed by atoms with E-state index in [1.807, 2.05) is 19.1 Å². The Hall–Kier alpha value is -2.96. The molecule has 208 valence electrons. The second-order valence-corrected chi connectivity index (χ2v) is 11.9. The Balaban J connectivity index is 1.34. The molecule has 2 fully saturated rings. The molecule has 6 rings (SSSR count). The van der Waals surface area contributed by atoms with E-state index in [9.17, 15) is 14.0 Å². The predicted molar refractivity (Wildman–Crippen MR) is 147 cm³/mol. The maximum atomic E-state index is 14.0. The van der Waals surface area contributed by atoms with Gasteiger partial charge in [0.2, 0.25) is 0 Å². The van der Waals surface area contributed by atoms with Gasteiger partial charge in [-0.15, -0.1) is 0 Å². The molecule has 1 amide bonds. The van der Waals surface area contributed by atoms with E-state index in [1.54, 1.807) is 0 Å². The number of amides is 1. The van der Waals surface area contributed by atoms with Gasteiger partial charge in [-0.3, -0.25) is 14.3 Å². The Labute approximate surface area is 230 Å². The third kappa shape index (κ3) is 5.17. The molecule has 5 atom stereocenters. The smallest absolute Gasteiger partial charge is 0.311 e. The van der Waals surface area contributed by atoms with Crippen molar-refractivity contribution in [3.63, 3.8) is 0 Å². The van der Waals surface area contributed by atoms with Crippen LogP contribution in [0.2, 0.25) is 0 Å². The maximum absolute atomic E-state index is 14.0. The average molecular weight is 534 g/mol. The third-order valence-corrected chi connectivity index (χ3v) is 9.51. The summed E-state index contributed by atoms with van der Waals surface area (Å²) >= 11 is 0. The first kappa shape index (κ1) is 26.3. The van der Waals surface area contributed by atoms with E-state index in [1.165, 1.54) is 37.1 Å². The first-order chi connectivity index (χ1) is 19.0. The molecule has 2 aromatic rings. The average Bonchev–Trinajstić information content (AvgIpc) is 3.62. The van der Waals surface area contributed by atoms with Gasteiger partial charge < -0.3 is 10.1 Å². The predicted octanol–water partition coefficient (Wildman–Crippen LogP) is 6.06. The summed E-state index contributed by atoms with van der Waals surface area (Å²) < 4.78 is 21.2. The lowest BCUT2D eigenvalue weighted by atomic mass is 9.88. The first-order valence-electron chi connectivity index (χ1n) is 15.0. The third-order valence-electron chi connectivity index (χ3n) is 9.51. The zero-order valence-electron chi connectivity index (χ0n) is 22.9. The van der Waals surface area contributed by atoms with Crippen molar-refractivity contribution in [2.45, 2.75) is 95.6 Å². The molecule has 7 heteroatoms. The van der Waals surface area contributed by atoms with Crippen LogP contribution in [0.3, 0.4) is 0 Å². The van der Waals surface area contributed by atoms with E-state index in [0.717, 1.165) is 62.5 Å². The summed E-state index contributed by atoms with van der Waals surface area (Å²) in [5.41, 5.74) is 3.94. The van der Waals surface area contributed by atoms with E-state index < -0.39 is 0 Å². The number of nitrogens with one attached hydrogen (secondary N) is 1. The van der Waals surface area contributed by atoms with E-state index >= 15 is 0 Å². The van der Waals surface area contributed by atoms with Crippen LogP contribution in [0.15, 0.2) is 36.4 Å². The number of esters is 1. The fourth-order valence-corrected chi connectivity index (χ4v) is 7.68. The molecule has 0 spiro atoms. The van der Waals surface area contributed by atoms with Crippen LogP contribution in [0.4, 0.5) is 4.39 Å². The first-order valence-corrected chi connectivity index (χ1v) is 15.0. The molecule has 39 heavy (non-hydrogen) atoms. The zero-order valence-corrected chi connectivity index (χ0v) is 22.9. The minimum atomic E-state index is -0.339. The van der Waals surface area contributed by atoms with Gasteiger partial charge in [-0.05, 0) is 81.4 Å². The zero-order chi connectivity index (χ0) is 26.9. The summed E-state index contributed by atoms with van der Waals surface area (Å²) in [6.45, 7) is 2.16. The quantitative estimate of drug-likeness (QED) is 0.267. The molecular formula is C32H40FN3O3. The molecule has 2 saturated carbocycles. The van der Waals surface area contributed by atoms with E-state index in [4.69, 9.17) is 9.84 Å². The van der Waals surface area contributed by atoms with Crippen LogP contribution >= 0.6 is 0 Å². The Morgan fingerprint density at radius 1 is 1.03 bits per heavy atom. The molecule has 0 saturated heterocycles. The number of nitrogens with zero attached hydrogens (tertiary/aromatic N) is 2. The molecule has 1 aromatic heterocycles. The number of benzene rings is 1. The standard InChI is InChI=1S/C32H40FN3O3/c1-2-39-32(38)27-21-14-15-22(19-21)28(27)34-31(37)29-26-11-7-6-8-23(18-20-12-16-24(33)17-13-20)30(26)36(35-29)25-9-4-3-5-10-25/h12-17,21-23,25,27-28H,2-11,18-19H2,1H3,(H,34,37)/t21?,22?,23?,27-,28+/m0/s1. The summed E-state index contributed by atoms with van der Waals surface area (Å²) in [7, 11) is 0. The number of allylic oxidation sites excluding steroid dienone is 1. The molecule has 1 N–H and O–H groups in total. The van der Waals surface area contributed by atoms with Gasteiger partial charge in [0.15, 0.2) is 5.69 Å². The van der Waals surface area contributed by atoms with Gasteiger partial charge in [-0.25, -0.2) is 4.39 Å². The molecule has 6 nitrogen and oxygen atoms in total. The van der Waals surface area contributed by atoms with Crippen LogP contribution in [0.25, 0.3) is 0 Å². The highest BCUT2D eigenvalue weighted by Crippen LogP contribution is 2.45. The van der Waals surface area contributed by atoms with Crippen LogP contribution in [-0.2, 0) is 22.4 Å². The van der Waals surface area contributed by atoms with Gasteiger partial charge in [0.05, 0.1) is 18.6 Å². The topological polar surface area (TPSA) is 73.2 Å². The lowest BCUT2D eigenvalue weighted by molar-refractivity contribution is -0.149. The molecule has 1 heterocycles. The number of hydrogen-bond acceptors (Lipinski definition) is 4. The van der Waals surface area contributed by atoms with Crippen molar-refractivity contribution in [3.05, 3.63) is 64.7 Å². The van der Waals surface area contributed by atoms with Gasteiger partial charge in [-0.1, -0.05) is 50.0 Å². The molecule has 0 aliphatic heterocycles. The fourth-order valence-electron chi connectivity index (χ4n) is 7.68. The number of fused-ring (bicyclic) bond motifs is 3. The monoisotopic (exact) mass is 533 g/mol. The number of rotatable bonds is 7. The van der Waals surface area contributed by atoms with Gasteiger partial charge in [0.1, 0.15) is 5.82 Å². The van der Waals surface area contributed by atoms with E-state index in [0.29, 0.717) is 18.3 Å². The Morgan fingerprint density at radius 3 is 2.54 bits per heavy atom. The van der Waals surface area contributed by atoms with Crippen molar-refractivity contribution in [2.24, 2.45) is 17.8 Å². The number of halogens is 1. The van der Waals surface area contributed by atoms with Gasteiger partial charge in [-0.2, -0.15) is 5.10 Å². The van der Waals surface area contributed by atoms with Crippen LogP contribution < -0.4 is 5.32 Å². The lowest BCUT2D eigenvalue weighted by Crippen LogP contribution is -2.46. The Kier molecular flexibility index (Phi) is 7.59.